The second-order valence-electron chi connectivity index (χ2n) is 6.23. The first-order valence-corrected chi connectivity index (χ1v) is 8.01. The zero-order chi connectivity index (χ0) is 16.4. The lowest BCUT2D eigenvalue weighted by Crippen LogP contribution is -2.46. The number of rotatable bonds is 5. The third-order valence-corrected chi connectivity index (χ3v) is 4.61. The van der Waals surface area contributed by atoms with E-state index in [0.717, 1.165) is 12.8 Å². The first-order valence-electron chi connectivity index (χ1n) is 8.01. The van der Waals surface area contributed by atoms with Crippen LogP contribution in [0, 0.1) is 5.92 Å². The Morgan fingerprint density at radius 3 is 2.83 bits per heavy atom. The Balaban J connectivity index is 1.95. The van der Waals surface area contributed by atoms with Crippen LogP contribution in [0.4, 0.5) is 0 Å². The van der Waals surface area contributed by atoms with Crippen molar-refractivity contribution in [2.45, 2.75) is 32.2 Å². The predicted octanol–water partition coefficient (Wildman–Crippen LogP) is 1.55. The van der Waals surface area contributed by atoms with Gasteiger partial charge in [-0.05, 0) is 37.8 Å². The van der Waals surface area contributed by atoms with Gasteiger partial charge in [-0.15, -0.1) is 0 Å². The largest absolute Gasteiger partial charge is 0.394 e. The quantitative estimate of drug-likeness (QED) is 0.876. The Morgan fingerprint density at radius 1 is 1.43 bits per heavy atom. The van der Waals surface area contributed by atoms with Crippen molar-refractivity contribution in [3.8, 4) is 0 Å². The van der Waals surface area contributed by atoms with Gasteiger partial charge in [0.1, 0.15) is 0 Å². The molecule has 1 aromatic carbocycles. The lowest BCUT2D eigenvalue weighted by atomic mass is 9.85. The number of hydrogen-bond acceptors (Lipinski definition) is 4. The maximum Gasteiger partial charge on any atom is 0.278 e. The van der Waals surface area contributed by atoms with E-state index in [1.54, 1.807) is 36.1 Å². The Kier molecular flexibility index (Phi) is 4.43. The number of carbonyl (C=O) groups is 1. The third-order valence-electron chi connectivity index (χ3n) is 4.61. The summed E-state index contributed by atoms with van der Waals surface area (Å²) in [4.78, 5) is 27.0. The summed E-state index contributed by atoms with van der Waals surface area (Å²) in [6.45, 7) is 2.21. The molecule has 1 saturated carbocycles. The molecule has 2 aromatic rings. The van der Waals surface area contributed by atoms with Crippen LogP contribution in [0.25, 0.3) is 10.9 Å². The zero-order valence-electron chi connectivity index (χ0n) is 13.2. The second kappa shape index (κ2) is 6.50. The summed E-state index contributed by atoms with van der Waals surface area (Å²) in [5, 5.41) is 16.7. The Hall–Kier alpha value is -2.21. The van der Waals surface area contributed by atoms with Gasteiger partial charge >= 0.3 is 0 Å². The van der Waals surface area contributed by atoms with Crippen molar-refractivity contribution in [1.29, 1.82) is 0 Å². The van der Waals surface area contributed by atoms with Crippen LogP contribution >= 0.6 is 0 Å². The average molecular weight is 315 g/mol. The molecule has 1 aliphatic carbocycles. The number of aromatic amines is 1. The number of hydrogen-bond donors (Lipinski definition) is 2. The zero-order valence-corrected chi connectivity index (χ0v) is 13.2. The van der Waals surface area contributed by atoms with Crippen LogP contribution in [0.2, 0.25) is 0 Å². The highest BCUT2D eigenvalue weighted by Gasteiger charge is 2.29. The van der Waals surface area contributed by atoms with Crippen LogP contribution in [0.5, 0.6) is 0 Å². The Morgan fingerprint density at radius 2 is 2.17 bits per heavy atom. The molecule has 0 radical (unpaired) electrons. The maximum absolute atomic E-state index is 12.8. The number of para-hydroxylation sites is 1. The van der Waals surface area contributed by atoms with Crippen molar-refractivity contribution < 1.29 is 9.90 Å². The number of aliphatic hydroxyl groups is 1. The van der Waals surface area contributed by atoms with E-state index in [-0.39, 0.29) is 23.8 Å². The van der Waals surface area contributed by atoms with Crippen molar-refractivity contribution in [3.05, 3.63) is 40.2 Å². The summed E-state index contributed by atoms with van der Waals surface area (Å²) in [6.07, 6.45) is 3.35. The number of H-pyrrole nitrogens is 1. The molecule has 0 aliphatic heterocycles. The van der Waals surface area contributed by atoms with Gasteiger partial charge in [0.05, 0.1) is 18.2 Å². The van der Waals surface area contributed by atoms with Crippen LogP contribution in [0.3, 0.4) is 0 Å². The molecule has 1 aliphatic rings. The van der Waals surface area contributed by atoms with Gasteiger partial charge in [-0.1, -0.05) is 18.6 Å². The minimum atomic E-state index is -0.412. The van der Waals surface area contributed by atoms with E-state index >= 15 is 0 Å². The van der Waals surface area contributed by atoms with Gasteiger partial charge < -0.3 is 10.0 Å². The molecule has 2 N–H and O–H groups in total. The molecule has 6 heteroatoms. The SMILES string of the molecule is C[C@H](CO)N(CC1CCC1)C(=O)c1n[nH]c2ccccc2c1=O. The number of benzene rings is 1. The normalized spacial score (nSPS) is 16.1. The minimum Gasteiger partial charge on any atom is -0.394 e. The van der Waals surface area contributed by atoms with Crippen LogP contribution in [0.1, 0.15) is 36.7 Å². The highest BCUT2D eigenvalue weighted by atomic mass is 16.3. The van der Waals surface area contributed by atoms with E-state index < -0.39 is 5.91 Å². The molecular formula is C17H21N3O3. The number of amides is 1. The smallest absolute Gasteiger partial charge is 0.278 e. The Bertz CT molecular complexity index is 767. The fourth-order valence-corrected chi connectivity index (χ4v) is 2.87. The molecule has 0 spiro atoms. The molecule has 1 heterocycles. The van der Waals surface area contributed by atoms with Gasteiger partial charge in [0.15, 0.2) is 5.69 Å². The number of fused-ring (bicyclic) bond motifs is 1. The number of nitrogens with zero attached hydrogens (tertiary/aromatic N) is 2. The van der Waals surface area contributed by atoms with Gasteiger partial charge in [-0.25, -0.2) is 0 Å². The molecule has 1 aromatic heterocycles. The summed E-state index contributed by atoms with van der Waals surface area (Å²) in [6, 6.07) is 6.65. The molecular weight excluding hydrogens is 294 g/mol. The molecule has 1 amide bonds. The average Bonchev–Trinajstić information content (AvgIpc) is 2.53. The first kappa shape index (κ1) is 15.7. The van der Waals surface area contributed by atoms with Gasteiger partial charge in [0.25, 0.3) is 5.91 Å². The summed E-state index contributed by atoms with van der Waals surface area (Å²) in [5.74, 6) is 0.0398. The van der Waals surface area contributed by atoms with E-state index in [9.17, 15) is 14.7 Å². The van der Waals surface area contributed by atoms with E-state index in [1.165, 1.54) is 6.42 Å². The molecule has 1 fully saturated rings. The lowest BCUT2D eigenvalue weighted by molar-refractivity contribution is 0.0521. The van der Waals surface area contributed by atoms with Crippen molar-refractivity contribution in [3.63, 3.8) is 0 Å². The van der Waals surface area contributed by atoms with E-state index in [2.05, 4.69) is 10.2 Å². The monoisotopic (exact) mass is 315 g/mol. The molecule has 0 bridgehead atoms. The standard InChI is InChI=1S/C17H21N3O3/c1-11(10-21)20(9-12-5-4-6-12)17(23)15-16(22)13-7-2-3-8-14(13)18-19-15/h2-3,7-8,11-12,21H,4-6,9-10H2,1H3,(H,18,22)/t11-/m1/s1. The molecule has 1 atom stereocenters. The van der Waals surface area contributed by atoms with Gasteiger partial charge in [0, 0.05) is 11.9 Å². The fraction of sp³-hybridized carbons (Fsp3) is 0.471. The molecule has 23 heavy (non-hydrogen) atoms. The second-order valence-corrected chi connectivity index (χ2v) is 6.23. The van der Waals surface area contributed by atoms with Crippen LogP contribution in [0.15, 0.2) is 29.1 Å². The highest BCUT2D eigenvalue weighted by molar-refractivity contribution is 5.95. The number of nitrogens with one attached hydrogen (secondary N) is 1. The van der Waals surface area contributed by atoms with Crippen molar-refractivity contribution in [2.24, 2.45) is 5.92 Å². The summed E-state index contributed by atoms with van der Waals surface area (Å²) >= 11 is 0. The van der Waals surface area contributed by atoms with Crippen molar-refractivity contribution in [1.82, 2.24) is 15.1 Å². The van der Waals surface area contributed by atoms with Crippen molar-refractivity contribution in [2.75, 3.05) is 13.2 Å². The van der Waals surface area contributed by atoms with E-state index in [4.69, 9.17) is 0 Å². The summed E-state index contributed by atoms with van der Waals surface area (Å²) < 4.78 is 0. The topological polar surface area (TPSA) is 86.3 Å². The van der Waals surface area contributed by atoms with E-state index in [1.807, 2.05) is 0 Å². The molecule has 0 unspecified atom stereocenters. The lowest BCUT2D eigenvalue weighted by Gasteiger charge is -2.35. The fourth-order valence-electron chi connectivity index (χ4n) is 2.87. The minimum absolute atomic E-state index is 0.108. The first-order chi connectivity index (χ1) is 11.1. The van der Waals surface area contributed by atoms with Crippen LogP contribution in [-0.4, -0.2) is 45.3 Å². The summed E-state index contributed by atoms with van der Waals surface area (Å²) in [5.41, 5.74) is 0.131. The molecule has 122 valence electrons. The molecule has 6 nitrogen and oxygen atoms in total. The summed E-state index contributed by atoms with van der Waals surface area (Å²) in [7, 11) is 0. The van der Waals surface area contributed by atoms with Gasteiger partial charge in [-0.3, -0.25) is 14.7 Å². The van der Waals surface area contributed by atoms with Crippen LogP contribution < -0.4 is 5.43 Å². The van der Waals surface area contributed by atoms with Gasteiger partial charge in [-0.2, -0.15) is 5.10 Å². The van der Waals surface area contributed by atoms with Crippen LogP contribution in [-0.2, 0) is 0 Å². The van der Waals surface area contributed by atoms with E-state index in [0.29, 0.717) is 23.4 Å². The third kappa shape index (κ3) is 2.99. The Labute approximate surface area is 134 Å². The predicted molar refractivity (Wildman–Crippen MR) is 87.3 cm³/mol. The van der Waals surface area contributed by atoms with Crippen molar-refractivity contribution >= 4 is 16.8 Å². The number of carbonyl (C=O) groups excluding carboxylic acids is 1. The molecule has 3 rings (SSSR count). The highest BCUT2D eigenvalue weighted by Crippen LogP contribution is 2.28. The number of aliphatic hydroxyl groups excluding tert-OH is 1. The maximum atomic E-state index is 12.8. The molecule has 0 saturated heterocycles. The van der Waals surface area contributed by atoms with Gasteiger partial charge in [0.2, 0.25) is 5.43 Å². The number of aromatic nitrogens is 2.